The molecule has 0 saturated heterocycles. The second-order valence-electron chi connectivity index (χ2n) is 4.77. The number of thiophene rings is 1. The predicted octanol–water partition coefficient (Wildman–Crippen LogP) is 3.98. The van der Waals surface area contributed by atoms with Crippen LogP contribution in [0.5, 0.6) is 5.75 Å². The van der Waals surface area contributed by atoms with E-state index in [9.17, 15) is 0 Å². The van der Waals surface area contributed by atoms with Crippen LogP contribution in [0.15, 0.2) is 36.4 Å². The largest absolute Gasteiger partial charge is 0.492 e. The maximum Gasteiger partial charge on any atom is 0.119 e. The van der Waals surface area contributed by atoms with Gasteiger partial charge in [0.05, 0.1) is 16.8 Å². The molecule has 0 saturated carbocycles. The van der Waals surface area contributed by atoms with Gasteiger partial charge in [0.2, 0.25) is 0 Å². The molecule has 0 aliphatic heterocycles. The molecule has 0 atom stereocenters. The van der Waals surface area contributed by atoms with Crippen LogP contribution in [0.25, 0.3) is 0 Å². The van der Waals surface area contributed by atoms with Gasteiger partial charge in [0.25, 0.3) is 0 Å². The fourth-order valence-electron chi connectivity index (χ4n) is 1.90. The number of nitriles is 1. The maximum atomic E-state index is 8.62. The molecule has 1 aromatic heterocycles. The Morgan fingerprint density at radius 1 is 1.24 bits per heavy atom. The zero-order valence-corrected chi connectivity index (χ0v) is 13.5. The molecule has 0 radical (unpaired) electrons. The van der Waals surface area contributed by atoms with E-state index in [-0.39, 0.29) is 0 Å². The van der Waals surface area contributed by atoms with Gasteiger partial charge in [-0.25, -0.2) is 0 Å². The highest BCUT2D eigenvalue weighted by Gasteiger charge is 2.03. The molecule has 1 aromatic carbocycles. The lowest BCUT2D eigenvalue weighted by Gasteiger charge is -2.16. The smallest absolute Gasteiger partial charge is 0.119 e. The SMILES string of the molecule is CN(CCOc1ccc(CC#N)cc1)Cc1ccc(Cl)s1. The summed E-state index contributed by atoms with van der Waals surface area (Å²) in [6, 6.07) is 13.8. The number of benzene rings is 1. The summed E-state index contributed by atoms with van der Waals surface area (Å²) in [5.74, 6) is 0.837. The Bertz CT molecular complexity index is 603. The molecule has 0 spiro atoms. The minimum Gasteiger partial charge on any atom is -0.492 e. The van der Waals surface area contributed by atoms with Crippen molar-refractivity contribution in [3.63, 3.8) is 0 Å². The van der Waals surface area contributed by atoms with Gasteiger partial charge in [-0.05, 0) is 36.9 Å². The lowest BCUT2D eigenvalue weighted by Crippen LogP contribution is -2.23. The molecule has 0 fully saturated rings. The van der Waals surface area contributed by atoms with Crippen molar-refractivity contribution >= 4 is 22.9 Å². The second-order valence-corrected chi connectivity index (χ2v) is 6.57. The maximum absolute atomic E-state index is 8.62. The third-order valence-corrected chi connectivity index (χ3v) is 4.22. The lowest BCUT2D eigenvalue weighted by atomic mass is 10.2. The Balaban J connectivity index is 1.72. The van der Waals surface area contributed by atoms with Crippen molar-refractivity contribution in [1.29, 1.82) is 5.26 Å². The van der Waals surface area contributed by atoms with E-state index < -0.39 is 0 Å². The molecule has 5 heteroatoms. The summed E-state index contributed by atoms with van der Waals surface area (Å²) < 4.78 is 6.53. The van der Waals surface area contributed by atoms with E-state index in [0.717, 1.165) is 28.7 Å². The molecule has 2 aromatic rings. The lowest BCUT2D eigenvalue weighted by molar-refractivity contribution is 0.234. The molecule has 21 heavy (non-hydrogen) atoms. The van der Waals surface area contributed by atoms with Crippen molar-refractivity contribution in [3.05, 3.63) is 51.2 Å². The van der Waals surface area contributed by atoms with Gasteiger partial charge in [0.1, 0.15) is 12.4 Å². The second kappa shape index (κ2) is 8.04. The van der Waals surface area contributed by atoms with Crippen LogP contribution >= 0.6 is 22.9 Å². The zero-order valence-electron chi connectivity index (χ0n) is 11.9. The van der Waals surface area contributed by atoms with Crippen molar-refractivity contribution in [2.75, 3.05) is 20.2 Å². The van der Waals surface area contributed by atoms with Crippen LogP contribution in [0, 0.1) is 11.3 Å². The van der Waals surface area contributed by atoms with Crippen LogP contribution in [0.4, 0.5) is 0 Å². The normalized spacial score (nSPS) is 10.6. The van der Waals surface area contributed by atoms with Gasteiger partial charge in [-0.15, -0.1) is 11.3 Å². The van der Waals surface area contributed by atoms with Crippen molar-refractivity contribution in [2.45, 2.75) is 13.0 Å². The Kier molecular flexibility index (Phi) is 6.06. The third kappa shape index (κ3) is 5.39. The molecule has 0 amide bonds. The van der Waals surface area contributed by atoms with E-state index in [0.29, 0.717) is 13.0 Å². The molecule has 110 valence electrons. The Morgan fingerprint density at radius 2 is 2.00 bits per heavy atom. The highest BCUT2D eigenvalue weighted by atomic mass is 35.5. The number of rotatable bonds is 7. The van der Waals surface area contributed by atoms with E-state index in [1.807, 2.05) is 30.3 Å². The van der Waals surface area contributed by atoms with E-state index in [2.05, 4.69) is 24.1 Å². The number of halogens is 1. The van der Waals surface area contributed by atoms with Gasteiger partial charge >= 0.3 is 0 Å². The fourth-order valence-corrected chi connectivity index (χ4v) is 3.06. The average molecular weight is 321 g/mol. The number of ether oxygens (including phenoxy) is 1. The monoisotopic (exact) mass is 320 g/mol. The van der Waals surface area contributed by atoms with Crippen LogP contribution in [0.3, 0.4) is 0 Å². The summed E-state index contributed by atoms with van der Waals surface area (Å²) in [7, 11) is 2.06. The van der Waals surface area contributed by atoms with Crippen LogP contribution < -0.4 is 4.74 Å². The summed E-state index contributed by atoms with van der Waals surface area (Å²) >= 11 is 7.53. The molecule has 2 rings (SSSR count). The van der Waals surface area contributed by atoms with Crippen molar-refractivity contribution in [3.8, 4) is 11.8 Å². The summed E-state index contributed by atoms with van der Waals surface area (Å²) in [6.07, 6.45) is 0.437. The molecule has 0 aliphatic carbocycles. The van der Waals surface area contributed by atoms with Gasteiger partial charge in [0, 0.05) is 18.0 Å². The van der Waals surface area contributed by atoms with Crippen LogP contribution in [-0.2, 0) is 13.0 Å². The molecule has 0 N–H and O–H groups in total. The topological polar surface area (TPSA) is 36.3 Å². The third-order valence-electron chi connectivity index (χ3n) is 3.00. The summed E-state index contributed by atoms with van der Waals surface area (Å²) in [5, 5.41) is 8.62. The Hall–Kier alpha value is -1.54. The molecule has 3 nitrogen and oxygen atoms in total. The molecule has 0 aliphatic rings. The van der Waals surface area contributed by atoms with Gasteiger partial charge in [-0.1, -0.05) is 23.7 Å². The van der Waals surface area contributed by atoms with E-state index >= 15 is 0 Å². The number of hydrogen-bond donors (Lipinski definition) is 0. The van der Waals surface area contributed by atoms with Crippen molar-refractivity contribution < 1.29 is 4.74 Å². The highest BCUT2D eigenvalue weighted by molar-refractivity contribution is 7.16. The quantitative estimate of drug-likeness (QED) is 0.774. The van der Waals surface area contributed by atoms with Crippen LogP contribution in [0.1, 0.15) is 10.4 Å². The van der Waals surface area contributed by atoms with Gasteiger partial charge in [-0.3, -0.25) is 4.90 Å². The summed E-state index contributed by atoms with van der Waals surface area (Å²) in [6.45, 7) is 2.35. The van der Waals surface area contributed by atoms with Gasteiger partial charge in [0.15, 0.2) is 0 Å². The molecule has 0 unspecified atom stereocenters. The number of nitrogens with zero attached hydrogens (tertiary/aromatic N) is 2. The van der Waals surface area contributed by atoms with E-state index in [1.165, 1.54) is 4.88 Å². The van der Waals surface area contributed by atoms with Crippen LogP contribution in [-0.4, -0.2) is 25.1 Å². The first-order chi connectivity index (χ1) is 10.2. The molecular formula is C16H17ClN2OS. The summed E-state index contributed by atoms with van der Waals surface area (Å²) in [4.78, 5) is 3.45. The minimum atomic E-state index is 0.437. The van der Waals surface area contributed by atoms with E-state index in [4.69, 9.17) is 21.6 Å². The first kappa shape index (κ1) is 15.8. The Morgan fingerprint density at radius 3 is 2.62 bits per heavy atom. The van der Waals surface area contributed by atoms with Crippen LogP contribution in [0.2, 0.25) is 4.34 Å². The van der Waals surface area contributed by atoms with Crippen molar-refractivity contribution in [2.24, 2.45) is 0 Å². The standard InChI is InChI=1S/C16H17ClN2OS/c1-19(12-15-6-7-16(17)21-15)10-11-20-14-4-2-13(3-5-14)8-9-18/h2-7H,8,10-12H2,1H3. The van der Waals surface area contributed by atoms with E-state index in [1.54, 1.807) is 11.3 Å². The summed E-state index contributed by atoms with van der Waals surface area (Å²) in [5.41, 5.74) is 1.01. The Labute approximate surface area is 134 Å². The van der Waals surface area contributed by atoms with Gasteiger partial charge < -0.3 is 4.74 Å². The predicted molar refractivity (Wildman–Crippen MR) is 86.9 cm³/mol. The number of likely N-dealkylation sites (N-methyl/N-ethyl adjacent to an activating group) is 1. The average Bonchev–Trinajstić information content (AvgIpc) is 2.86. The zero-order chi connectivity index (χ0) is 15.1. The first-order valence-corrected chi connectivity index (χ1v) is 7.88. The number of hydrogen-bond acceptors (Lipinski definition) is 4. The minimum absolute atomic E-state index is 0.437. The fraction of sp³-hybridized carbons (Fsp3) is 0.312. The first-order valence-electron chi connectivity index (χ1n) is 6.69. The molecule has 0 bridgehead atoms. The molecular weight excluding hydrogens is 304 g/mol. The molecule has 1 heterocycles. The van der Waals surface area contributed by atoms with Crippen molar-refractivity contribution in [1.82, 2.24) is 4.90 Å². The van der Waals surface area contributed by atoms with Gasteiger partial charge in [-0.2, -0.15) is 5.26 Å². The highest BCUT2D eigenvalue weighted by Crippen LogP contribution is 2.22.